The van der Waals surface area contributed by atoms with Crippen LogP contribution in [0.5, 0.6) is 0 Å². The molecular weight excluding hydrogens is 628 g/mol. The molecule has 0 aromatic rings. The number of aliphatic carboxylic acids is 1. The third kappa shape index (κ3) is 11.6. The van der Waals surface area contributed by atoms with Gasteiger partial charge in [-0.25, -0.2) is 0 Å². The maximum atomic E-state index is 12.9. The molecule has 0 aliphatic carbocycles. The number of rotatable bonds is 18. The number of nitrogens with one attached hydrogen (secondary N) is 5. The third-order valence-electron chi connectivity index (χ3n) is 7.54. The van der Waals surface area contributed by atoms with Crippen molar-refractivity contribution in [1.82, 2.24) is 36.4 Å². The number of nitrogens with two attached hydrogens (primary N) is 1. The molecule has 2 aliphatic rings. The van der Waals surface area contributed by atoms with Crippen molar-refractivity contribution >= 4 is 53.6 Å². The highest BCUT2D eigenvalue weighted by molar-refractivity contribution is 5.96. The zero-order chi connectivity index (χ0) is 35.1. The Morgan fingerprint density at radius 2 is 1.40 bits per heavy atom. The molecule has 0 spiro atoms. The van der Waals surface area contributed by atoms with Gasteiger partial charge in [-0.2, -0.15) is 0 Å². The number of carbonyl (C=O) groups is 9. The van der Waals surface area contributed by atoms with Gasteiger partial charge in [-0.05, 0) is 32.1 Å². The molecule has 5 atom stereocenters. The smallest absolute Gasteiger partial charge is 0.303 e. The van der Waals surface area contributed by atoms with E-state index in [9.17, 15) is 48.3 Å². The number of amides is 7. The number of hydrogen-bond acceptors (Lipinski definition) is 12. The topological polar surface area (TPSA) is 307 Å². The highest BCUT2D eigenvalue weighted by Gasteiger charge is 2.37. The van der Waals surface area contributed by atoms with E-state index >= 15 is 0 Å². The molecule has 0 unspecified atom stereocenters. The lowest BCUT2D eigenvalue weighted by Crippen LogP contribution is -2.56. The van der Waals surface area contributed by atoms with Crippen LogP contribution in [0.2, 0.25) is 0 Å². The van der Waals surface area contributed by atoms with Crippen LogP contribution in [0.25, 0.3) is 0 Å². The van der Waals surface area contributed by atoms with Crippen LogP contribution in [0.1, 0.15) is 38.5 Å². The molecular formula is C27H42N8O12. The predicted molar refractivity (Wildman–Crippen MR) is 157 cm³/mol. The Morgan fingerprint density at radius 3 is 2.00 bits per heavy atom. The number of hydrogen-bond donors (Lipinski definition) is 9. The number of likely N-dealkylation sites (tertiary alicyclic amines) is 2. The van der Waals surface area contributed by atoms with Crippen LogP contribution < -0.4 is 32.3 Å². The van der Waals surface area contributed by atoms with E-state index in [1.165, 1.54) is 4.90 Å². The molecule has 10 N–H and O–H groups in total. The summed E-state index contributed by atoms with van der Waals surface area (Å²) in [6.07, 6.45) is 0.977. The Bertz CT molecular complexity index is 1200. The van der Waals surface area contributed by atoms with Gasteiger partial charge in [-0.15, -0.1) is 0 Å². The number of carboxylic acids is 1. The minimum absolute atomic E-state index is 0.142. The van der Waals surface area contributed by atoms with Gasteiger partial charge in [-0.1, -0.05) is 0 Å². The van der Waals surface area contributed by atoms with E-state index in [1.54, 1.807) is 0 Å². The average molecular weight is 671 g/mol. The third-order valence-corrected chi connectivity index (χ3v) is 7.54. The van der Waals surface area contributed by atoms with E-state index in [0.29, 0.717) is 25.5 Å². The van der Waals surface area contributed by atoms with Crippen molar-refractivity contribution in [2.75, 3.05) is 45.9 Å². The van der Waals surface area contributed by atoms with Crippen molar-refractivity contribution in [3.05, 3.63) is 0 Å². The molecule has 2 rings (SSSR count). The van der Waals surface area contributed by atoms with Gasteiger partial charge < -0.3 is 62.2 Å². The fraction of sp³-hybridized carbons (Fsp3) is 0.667. The molecule has 0 aromatic heterocycles. The van der Waals surface area contributed by atoms with Crippen molar-refractivity contribution in [2.24, 2.45) is 5.73 Å². The minimum Gasteiger partial charge on any atom is -0.481 e. The summed E-state index contributed by atoms with van der Waals surface area (Å²) in [6.45, 7) is -2.57. The van der Waals surface area contributed by atoms with Crippen LogP contribution in [0.3, 0.4) is 0 Å². The lowest BCUT2D eigenvalue weighted by molar-refractivity contribution is -0.141. The van der Waals surface area contributed by atoms with E-state index in [1.807, 2.05) is 0 Å². The van der Waals surface area contributed by atoms with Crippen molar-refractivity contribution in [3.63, 3.8) is 0 Å². The van der Waals surface area contributed by atoms with Gasteiger partial charge in [0, 0.05) is 19.5 Å². The molecule has 2 saturated heterocycles. The minimum atomic E-state index is -1.41. The summed E-state index contributed by atoms with van der Waals surface area (Å²) >= 11 is 0. The maximum Gasteiger partial charge on any atom is 0.303 e. The lowest BCUT2D eigenvalue weighted by atomic mass is 10.1. The normalized spacial score (nSPS) is 19.1. The quantitative estimate of drug-likeness (QED) is 0.0614. The molecule has 262 valence electrons. The number of aldehydes is 1. The predicted octanol–water partition coefficient (Wildman–Crippen LogP) is -6.34. The first-order chi connectivity index (χ1) is 22.3. The van der Waals surface area contributed by atoms with Crippen LogP contribution in [-0.2, 0) is 43.2 Å². The second-order valence-electron chi connectivity index (χ2n) is 10.9. The number of carbonyl (C=O) groups excluding carboxylic acids is 8. The Kier molecular flexibility index (Phi) is 15.6. The molecule has 0 radical (unpaired) electrons. The summed E-state index contributed by atoms with van der Waals surface area (Å²) < 4.78 is 0. The molecule has 0 aromatic carbocycles. The van der Waals surface area contributed by atoms with E-state index in [-0.39, 0.29) is 32.5 Å². The standard InChI is InChI=1S/C27H42N8O12/c28-15(13-37)27(47)35-9-2-3-18(35)25(45)30-11-20(39)32-16(5-6-22(41)42)23(43)31-12-21(40)34-8-1-4-19(34)26(46)33-17(14-38)24(44)29-7-10-36/h10,15-19,37-38H,1-9,11-14,28H2,(H,29,44)(H,30,45)(H,31,43)(H,32,39)(H,33,46)(H,41,42)/t15-,16-,17-,18-,19-/m0/s1. The molecule has 0 saturated carbocycles. The molecule has 20 heteroatoms. The SMILES string of the molecule is N[C@@H](CO)C(=O)N1CCC[C@H]1C(=O)NCC(=O)N[C@@H](CCC(=O)O)C(=O)NCC(=O)N1CCC[C@H]1C(=O)N[C@@H](CO)C(=O)NCC=O. The van der Waals surface area contributed by atoms with Gasteiger partial charge >= 0.3 is 5.97 Å². The summed E-state index contributed by atoms with van der Waals surface area (Å²) in [7, 11) is 0. The van der Waals surface area contributed by atoms with E-state index < -0.39 is 110 Å². The van der Waals surface area contributed by atoms with E-state index in [0.717, 1.165) is 4.90 Å². The summed E-state index contributed by atoms with van der Waals surface area (Å²) in [4.78, 5) is 112. The number of aliphatic hydroxyl groups is 2. The fourth-order valence-electron chi connectivity index (χ4n) is 5.11. The monoisotopic (exact) mass is 670 g/mol. The van der Waals surface area contributed by atoms with Crippen molar-refractivity contribution in [2.45, 2.75) is 68.7 Å². The summed E-state index contributed by atoms with van der Waals surface area (Å²) in [5.74, 6) is -6.54. The van der Waals surface area contributed by atoms with Gasteiger partial charge in [0.2, 0.25) is 41.4 Å². The largest absolute Gasteiger partial charge is 0.481 e. The lowest BCUT2D eigenvalue weighted by Gasteiger charge is -2.26. The average Bonchev–Trinajstić information content (AvgIpc) is 3.75. The first kappa shape index (κ1) is 38.5. The molecule has 2 heterocycles. The highest BCUT2D eigenvalue weighted by Crippen LogP contribution is 2.19. The summed E-state index contributed by atoms with van der Waals surface area (Å²) in [5, 5.41) is 39.2. The fourth-order valence-corrected chi connectivity index (χ4v) is 5.11. The molecule has 20 nitrogen and oxygen atoms in total. The first-order valence-electron chi connectivity index (χ1n) is 15.0. The van der Waals surface area contributed by atoms with Crippen molar-refractivity contribution in [1.29, 1.82) is 0 Å². The molecule has 2 aliphatic heterocycles. The Morgan fingerprint density at radius 1 is 0.787 bits per heavy atom. The Hall–Kier alpha value is -4.69. The molecule has 2 fully saturated rings. The van der Waals surface area contributed by atoms with Crippen LogP contribution in [0.4, 0.5) is 0 Å². The highest BCUT2D eigenvalue weighted by atomic mass is 16.4. The Balaban J connectivity index is 1.94. The van der Waals surface area contributed by atoms with Crippen LogP contribution in [0.15, 0.2) is 0 Å². The maximum absolute atomic E-state index is 12.9. The van der Waals surface area contributed by atoms with Crippen molar-refractivity contribution < 1.29 is 58.5 Å². The summed E-state index contributed by atoms with van der Waals surface area (Å²) in [5.41, 5.74) is 5.57. The first-order valence-corrected chi connectivity index (χ1v) is 15.0. The summed E-state index contributed by atoms with van der Waals surface area (Å²) in [6, 6.07) is -5.93. The second kappa shape index (κ2) is 19.1. The number of aliphatic hydroxyl groups excluding tert-OH is 2. The zero-order valence-electron chi connectivity index (χ0n) is 25.6. The van der Waals surface area contributed by atoms with Crippen LogP contribution in [0, 0.1) is 0 Å². The van der Waals surface area contributed by atoms with Crippen LogP contribution in [-0.4, -0.2) is 155 Å². The number of nitrogens with zero attached hydrogens (tertiary/aromatic N) is 2. The van der Waals surface area contributed by atoms with E-state index in [2.05, 4.69) is 26.6 Å². The van der Waals surface area contributed by atoms with Gasteiger partial charge in [-0.3, -0.25) is 38.4 Å². The van der Waals surface area contributed by atoms with Gasteiger partial charge in [0.15, 0.2) is 0 Å². The van der Waals surface area contributed by atoms with Gasteiger partial charge in [0.05, 0.1) is 32.8 Å². The van der Waals surface area contributed by atoms with Gasteiger partial charge in [0.1, 0.15) is 36.5 Å². The molecule has 47 heavy (non-hydrogen) atoms. The number of carboxylic acid groups (broad SMARTS) is 1. The molecule has 0 bridgehead atoms. The van der Waals surface area contributed by atoms with E-state index in [4.69, 9.17) is 15.9 Å². The van der Waals surface area contributed by atoms with Crippen LogP contribution >= 0.6 is 0 Å². The molecule has 7 amide bonds. The van der Waals surface area contributed by atoms with Crippen molar-refractivity contribution in [3.8, 4) is 0 Å². The Labute approximate surface area is 269 Å². The second-order valence-corrected chi connectivity index (χ2v) is 10.9. The zero-order valence-corrected chi connectivity index (χ0v) is 25.6. The van der Waals surface area contributed by atoms with Gasteiger partial charge in [0.25, 0.3) is 0 Å².